The van der Waals surface area contributed by atoms with Gasteiger partial charge in [-0.1, -0.05) is 11.6 Å². The second-order valence-corrected chi connectivity index (χ2v) is 5.72. The summed E-state index contributed by atoms with van der Waals surface area (Å²) in [6, 6.07) is 0.841. The van der Waals surface area contributed by atoms with Crippen LogP contribution < -0.4 is 5.32 Å². The molecule has 1 N–H and O–H groups in total. The molecule has 0 radical (unpaired) electrons. The molecule has 1 aromatic heterocycles. The third kappa shape index (κ3) is 2.86. The molecule has 2 aliphatic carbocycles. The van der Waals surface area contributed by atoms with Crippen molar-refractivity contribution < 1.29 is 0 Å². The van der Waals surface area contributed by atoms with E-state index in [1.165, 1.54) is 38.6 Å². The van der Waals surface area contributed by atoms with E-state index in [0.717, 1.165) is 30.0 Å². The highest BCUT2D eigenvalue weighted by Crippen LogP contribution is 2.34. The first-order valence-corrected chi connectivity index (χ1v) is 6.90. The van der Waals surface area contributed by atoms with E-state index in [0.29, 0.717) is 0 Å². The predicted molar refractivity (Wildman–Crippen MR) is 66.6 cm³/mol. The molecule has 0 spiro atoms. The van der Waals surface area contributed by atoms with E-state index in [2.05, 4.69) is 21.8 Å². The van der Waals surface area contributed by atoms with E-state index < -0.39 is 0 Å². The molecule has 0 aromatic carbocycles. The molecule has 17 heavy (non-hydrogen) atoms. The van der Waals surface area contributed by atoms with Crippen LogP contribution in [0.3, 0.4) is 0 Å². The first-order chi connectivity index (χ1) is 8.31. The fraction of sp³-hybridized carbons (Fsp3) is 0.846. The summed E-state index contributed by atoms with van der Waals surface area (Å²) in [5.74, 6) is 1.68. The normalized spacial score (nSPS) is 28.8. The molecule has 2 atom stereocenters. The SMILES string of the molecule is Cn1cc(CC2CCCC2CNC2CC2)nn1. The molecular weight excluding hydrogens is 212 g/mol. The molecule has 0 amide bonds. The molecule has 0 saturated heterocycles. The van der Waals surface area contributed by atoms with Crippen LogP contribution in [0.1, 0.15) is 37.8 Å². The van der Waals surface area contributed by atoms with Crippen LogP contribution in [0.2, 0.25) is 0 Å². The number of rotatable bonds is 5. The Labute approximate surface area is 103 Å². The largest absolute Gasteiger partial charge is 0.314 e. The van der Waals surface area contributed by atoms with Gasteiger partial charge in [0.05, 0.1) is 5.69 Å². The smallest absolute Gasteiger partial charge is 0.0829 e. The summed E-state index contributed by atoms with van der Waals surface area (Å²) in [6.07, 6.45) is 10.1. The predicted octanol–water partition coefficient (Wildman–Crippen LogP) is 1.53. The Kier molecular flexibility index (Phi) is 3.14. The topological polar surface area (TPSA) is 42.7 Å². The van der Waals surface area contributed by atoms with Gasteiger partial charge in [0.2, 0.25) is 0 Å². The summed E-state index contributed by atoms with van der Waals surface area (Å²) >= 11 is 0. The van der Waals surface area contributed by atoms with Crippen LogP contribution in [0.25, 0.3) is 0 Å². The number of hydrogen-bond donors (Lipinski definition) is 1. The molecule has 4 nitrogen and oxygen atoms in total. The van der Waals surface area contributed by atoms with E-state index in [-0.39, 0.29) is 0 Å². The first-order valence-electron chi connectivity index (χ1n) is 6.90. The van der Waals surface area contributed by atoms with Crippen LogP contribution in [0, 0.1) is 11.8 Å². The van der Waals surface area contributed by atoms with Gasteiger partial charge < -0.3 is 5.32 Å². The highest BCUT2D eigenvalue weighted by molar-refractivity contribution is 4.97. The van der Waals surface area contributed by atoms with Gasteiger partial charge in [0.15, 0.2) is 0 Å². The van der Waals surface area contributed by atoms with Crippen molar-refractivity contribution in [3.8, 4) is 0 Å². The maximum Gasteiger partial charge on any atom is 0.0829 e. The molecule has 2 saturated carbocycles. The summed E-state index contributed by atoms with van der Waals surface area (Å²) < 4.78 is 1.81. The maximum atomic E-state index is 4.21. The molecule has 3 rings (SSSR count). The Balaban J connectivity index is 1.53. The van der Waals surface area contributed by atoms with Crippen LogP contribution in [0.15, 0.2) is 6.20 Å². The molecular formula is C13H22N4. The van der Waals surface area contributed by atoms with Crippen molar-refractivity contribution in [2.45, 2.75) is 44.6 Å². The van der Waals surface area contributed by atoms with Crippen molar-refractivity contribution in [2.75, 3.05) is 6.54 Å². The number of nitrogens with one attached hydrogen (secondary N) is 1. The second kappa shape index (κ2) is 4.77. The third-order valence-corrected chi connectivity index (χ3v) is 4.18. The van der Waals surface area contributed by atoms with Gasteiger partial charge in [0.25, 0.3) is 0 Å². The van der Waals surface area contributed by atoms with Gasteiger partial charge in [0.1, 0.15) is 0 Å². The summed E-state index contributed by atoms with van der Waals surface area (Å²) in [5.41, 5.74) is 1.16. The zero-order valence-corrected chi connectivity index (χ0v) is 10.6. The fourth-order valence-electron chi connectivity index (χ4n) is 3.01. The van der Waals surface area contributed by atoms with E-state index in [1.807, 2.05) is 11.7 Å². The minimum absolute atomic E-state index is 0.818. The monoisotopic (exact) mass is 234 g/mol. The number of hydrogen-bond acceptors (Lipinski definition) is 3. The van der Waals surface area contributed by atoms with Gasteiger partial charge in [-0.3, -0.25) is 4.68 Å². The van der Waals surface area contributed by atoms with Gasteiger partial charge in [0, 0.05) is 19.3 Å². The lowest BCUT2D eigenvalue weighted by Crippen LogP contribution is -2.27. The molecule has 4 heteroatoms. The molecule has 94 valence electrons. The van der Waals surface area contributed by atoms with E-state index in [9.17, 15) is 0 Å². The molecule has 2 fully saturated rings. The summed E-state index contributed by atoms with van der Waals surface area (Å²) in [5, 5.41) is 11.9. The van der Waals surface area contributed by atoms with Crippen molar-refractivity contribution in [3.63, 3.8) is 0 Å². The summed E-state index contributed by atoms with van der Waals surface area (Å²) in [7, 11) is 1.94. The minimum atomic E-state index is 0.818. The average molecular weight is 234 g/mol. The first kappa shape index (κ1) is 11.2. The molecule has 1 aromatic rings. The lowest BCUT2D eigenvalue weighted by atomic mass is 9.91. The summed E-state index contributed by atoms with van der Waals surface area (Å²) in [6.45, 7) is 1.22. The zero-order valence-electron chi connectivity index (χ0n) is 10.6. The Hall–Kier alpha value is -0.900. The van der Waals surface area contributed by atoms with Crippen molar-refractivity contribution >= 4 is 0 Å². The quantitative estimate of drug-likeness (QED) is 0.840. The standard InChI is InChI=1S/C13H22N4/c1-17-9-13(15-16-17)7-10-3-2-4-11(10)8-14-12-5-6-12/h9-12,14H,2-8H2,1H3. The molecule has 0 aliphatic heterocycles. The Bertz CT molecular complexity index is 369. The average Bonchev–Trinajstić information content (AvgIpc) is 2.90. The van der Waals surface area contributed by atoms with Crippen LogP contribution in [-0.4, -0.2) is 27.6 Å². The van der Waals surface area contributed by atoms with Crippen molar-refractivity contribution in [1.29, 1.82) is 0 Å². The van der Waals surface area contributed by atoms with Gasteiger partial charge in [-0.2, -0.15) is 0 Å². The van der Waals surface area contributed by atoms with E-state index in [1.54, 1.807) is 0 Å². The number of aromatic nitrogens is 3. The maximum absolute atomic E-state index is 4.21. The van der Waals surface area contributed by atoms with E-state index in [4.69, 9.17) is 0 Å². The molecule has 0 bridgehead atoms. The second-order valence-electron chi connectivity index (χ2n) is 5.72. The molecule has 2 unspecified atom stereocenters. The van der Waals surface area contributed by atoms with Crippen molar-refractivity contribution in [3.05, 3.63) is 11.9 Å². The summed E-state index contributed by atoms with van der Waals surface area (Å²) in [4.78, 5) is 0. The van der Waals surface area contributed by atoms with Crippen LogP contribution in [0.4, 0.5) is 0 Å². The highest BCUT2D eigenvalue weighted by atomic mass is 15.4. The number of nitrogens with zero attached hydrogens (tertiary/aromatic N) is 3. The lowest BCUT2D eigenvalue weighted by molar-refractivity contribution is 0.361. The molecule has 1 heterocycles. The fourth-order valence-corrected chi connectivity index (χ4v) is 3.01. The van der Waals surface area contributed by atoms with Crippen molar-refractivity contribution in [1.82, 2.24) is 20.3 Å². The highest BCUT2D eigenvalue weighted by Gasteiger charge is 2.30. The minimum Gasteiger partial charge on any atom is -0.314 e. The van der Waals surface area contributed by atoms with Crippen LogP contribution in [0.5, 0.6) is 0 Å². The van der Waals surface area contributed by atoms with Gasteiger partial charge >= 0.3 is 0 Å². The van der Waals surface area contributed by atoms with Gasteiger partial charge in [-0.25, -0.2) is 0 Å². The van der Waals surface area contributed by atoms with Crippen LogP contribution >= 0.6 is 0 Å². The lowest BCUT2D eigenvalue weighted by Gasteiger charge is -2.19. The zero-order chi connectivity index (χ0) is 11.7. The van der Waals surface area contributed by atoms with Crippen molar-refractivity contribution in [2.24, 2.45) is 18.9 Å². The third-order valence-electron chi connectivity index (χ3n) is 4.18. The van der Waals surface area contributed by atoms with Gasteiger partial charge in [-0.05, 0) is 50.5 Å². The van der Waals surface area contributed by atoms with Crippen LogP contribution in [-0.2, 0) is 13.5 Å². The molecule has 2 aliphatic rings. The Morgan fingerprint density at radius 2 is 2.12 bits per heavy atom. The Morgan fingerprint density at radius 1 is 1.29 bits per heavy atom. The van der Waals surface area contributed by atoms with E-state index >= 15 is 0 Å². The van der Waals surface area contributed by atoms with Gasteiger partial charge in [-0.15, -0.1) is 5.10 Å². The number of aryl methyl sites for hydroxylation is 1. The Morgan fingerprint density at radius 3 is 2.82 bits per heavy atom.